The second-order valence-corrected chi connectivity index (χ2v) is 11.2. The molecule has 0 aliphatic rings. The third-order valence-electron chi connectivity index (χ3n) is 5.80. The van der Waals surface area contributed by atoms with Crippen LogP contribution >= 0.6 is 17.9 Å². The van der Waals surface area contributed by atoms with Gasteiger partial charge in [0.15, 0.2) is 0 Å². The second kappa shape index (κ2) is 14.2. The van der Waals surface area contributed by atoms with Gasteiger partial charge < -0.3 is 10.4 Å². The molecule has 0 bridgehead atoms. The fourth-order valence-electron chi connectivity index (χ4n) is 4.02. The molecule has 1 unspecified atom stereocenters. The van der Waals surface area contributed by atoms with Crippen molar-refractivity contribution in [1.82, 2.24) is 0 Å². The quantitative estimate of drug-likeness (QED) is 0.172. The van der Waals surface area contributed by atoms with E-state index in [1.807, 2.05) is 63.2 Å². The van der Waals surface area contributed by atoms with Gasteiger partial charge in [0, 0.05) is 11.7 Å². The Morgan fingerprint density at radius 2 is 1.35 bits per heavy atom. The van der Waals surface area contributed by atoms with Gasteiger partial charge in [-0.15, -0.1) is 12.1 Å². The number of rotatable bonds is 8. The summed E-state index contributed by atoms with van der Waals surface area (Å²) >= 11 is 1.47. The molecule has 4 aromatic rings. The van der Waals surface area contributed by atoms with E-state index in [2.05, 4.69) is 45.7 Å². The molecule has 1 atom stereocenters. The zero-order valence-corrected chi connectivity index (χ0v) is 24.7. The Morgan fingerprint density at radius 3 is 1.95 bits per heavy atom. The molecule has 6 heteroatoms. The molecule has 4 rings (SSSR count). The van der Waals surface area contributed by atoms with Crippen LogP contribution in [-0.2, 0) is 38.8 Å². The first-order chi connectivity index (χ1) is 17.8. The molecule has 37 heavy (non-hydrogen) atoms. The van der Waals surface area contributed by atoms with Gasteiger partial charge in [-0.25, -0.2) is 4.39 Å². The van der Waals surface area contributed by atoms with Crippen molar-refractivity contribution in [1.29, 1.82) is 0 Å². The maximum absolute atomic E-state index is 14.1. The molecule has 190 valence electrons. The zero-order chi connectivity index (χ0) is 26.8. The average molecular weight is 568 g/mol. The molecule has 0 amide bonds. The summed E-state index contributed by atoms with van der Waals surface area (Å²) in [5, 5.41) is 17.9. The van der Waals surface area contributed by atoms with Crippen LogP contribution < -0.4 is 10.6 Å². The predicted octanol–water partition coefficient (Wildman–Crippen LogP) is 7.70. The Labute approximate surface area is 237 Å². The van der Waals surface area contributed by atoms with E-state index in [9.17, 15) is 9.50 Å². The van der Waals surface area contributed by atoms with Crippen LogP contribution in [-0.4, -0.2) is 10.6 Å². The van der Waals surface area contributed by atoms with Gasteiger partial charge in [-0.3, -0.25) is 0 Å². The first-order valence-corrected chi connectivity index (χ1v) is 15.3. The van der Waals surface area contributed by atoms with Crippen molar-refractivity contribution in [3.8, 4) is 5.75 Å². The van der Waals surface area contributed by atoms with E-state index in [0.717, 1.165) is 39.3 Å². The molecule has 0 aromatic heterocycles. The third-order valence-corrected chi connectivity index (χ3v) is 7.21. The van der Waals surface area contributed by atoms with Gasteiger partial charge in [-0.05, 0) is 52.2 Å². The number of phenols is 1. The minimum absolute atomic E-state index is 0.201. The van der Waals surface area contributed by atoms with Gasteiger partial charge >= 0.3 is 28.7 Å². The van der Waals surface area contributed by atoms with Crippen LogP contribution in [0.5, 0.6) is 5.75 Å². The van der Waals surface area contributed by atoms with E-state index in [1.165, 1.54) is 31.0 Å². The maximum atomic E-state index is 14.1. The normalized spacial score (nSPS) is 11.4. The average Bonchev–Trinajstić information content (AvgIpc) is 2.89. The van der Waals surface area contributed by atoms with E-state index < -0.39 is 0 Å². The fraction of sp³-hybridized carbons (Fsp3) is 0.226. The first-order valence-electron chi connectivity index (χ1n) is 12.1. The Hall–Kier alpha value is -2.00. The van der Waals surface area contributed by atoms with Crippen LogP contribution in [0.25, 0.3) is 5.32 Å². The zero-order valence-electron chi connectivity index (χ0n) is 21.4. The fourth-order valence-corrected chi connectivity index (χ4v) is 5.33. The van der Waals surface area contributed by atoms with Crippen LogP contribution in [0.1, 0.15) is 48.6 Å². The van der Waals surface area contributed by atoms with Crippen LogP contribution in [0, 0.1) is 5.82 Å². The molecular formula is C31H32ClFNOPTi. The van der Waals surface area contributed by atoms with Crippen LogP contribution in [0.15, 0.2) is 91.0 Å². The summed E-state index contributed by atoms with van der Waals surface area (Å²) in [6.07, 6.45) is 1.44. The van der Waals surface area contributed by atoms with Crippen molar-refractivity contribution in [2.75, 3.05) is 0 Å². The molecule has 2 nitrogen and oxygen atoms in total. The molecular weight excluding hydrogens is 536 g/mol. The Morgan fingerprint density at radius 1 is 0.757 bits per heavy atom. The summed E-state index contributed by atoms with van der Waals surface area (Å²) in [5.74, 6) is 0.0662. The molecule has 0 saturated heterocycles. The second-order valence-electron chi connectivity index (χ2n) is 9.89. The van der Waals surface area contributed by atoms with E-state index in [0.29, 0.717) is 18.7 Å². The number of nitrogens with zero attached hydrogens (tertiary/aromatic N) is 1. The molecule has 1 N–H and O–H groups in total. The Kier molecular flexibility index (Phi) is 11.4. The van der Waals surface area contributed by atoms with E-state index in [1.54, 1.807) is 6.07 Å². The van der Waals surface area contributed by atoms with Crippen LogP contribution in [0.3, 0.4) is 0 Å². The topological polar surface area (TPSA) is 34.3 Å². The van der Waals surface area contributed by atoms with Crippen molar-refractivity contribution >= 4 is 28.5 Å². The van der Waals surface area contributed by atoms with Crippen molar-refractivity contribution < 1.29 is 28.9 Å². The van der Waals surface area contributed by atoms with Gasteiger partial charge in [-0.1, -0.05) is 108 Å². The van der Waals surface area contributed by atoms with Gasteiger partial charge in [0.2, 0.25) is 0 Å². The summed E-state index contributed by atoms with van der Waals surface area (Å²) in [5.41, 5.74) is 5.12. The summed E-state index contributed by atoms with van der Waals surface area (Å²) < 4.78 is 14.1. The molecule has 0 aliphatic heterocycles. The molecule has 0 aliphatic carbocycles. The third kappa shape index (κ3) is 9.36. The number of phenolic OH excluding ortho intramolecular Hbond substituents is 1. The number of benzene rings is 4. The van der Waals surface area contributed by atoms with Crippen molar-refractivity contribution in [2.45, 2.75) is 45.7 Å². The standard InChI is InChI=1S/C31H32FNOP.ClH.Ti/c1-31(2,3)33-21-26-20-27(32)14-15-28(26)35-29-19-24(16-22-10-6-4-7-11-22)18-25(30(29)34)17-23-12-8-5-9-13-23;;/h4-15,18-20,34-35H,16-17,21H2,1-3H3;1H;/q-1;;+2/p-1. The van der Waals surface area contributed by atoms with Gasteiger partial charge in [0.1, 0.15) is 11.6 Å². The Bertz CT molecular complexity index is 1280. The van der Waals surface area contributed by atoms with Crippen molar-refractivity contribution in [3.63, 3.8) is 0 Å². The van der Waals surface area contributed by atoms with Crippen molar-refractivity contribution in [2.24, 2.45) is 0 Å². The van der Waals surface area contributed by atoms with Crippen molar-refractivity contribution in [3.05, 3.63) is 130 Å². The molecule has 0 radical (unpaired) electrons. The summed E-state index contributed by atoms with van der Waals surface area (Å²) in [6, 6.07) is 29.7. The minimum atomic E-state index is -0.260. The number of hydrogen-bond donors (Lipinski definition) is 1. The van der Waals surface area contributed by atoms with E-state index in [-0.39, 0.29) is 19.9 Å². The van der Waals surface area contributed by atoms with Gasteiger partial charge in [0.05, 0.1) is 0 Å². The molecule has 0 saturated carbocycles. The number of halogens is 2. The monoisotopic (exact) mass is 567 g/mol. The Balaban J connectivity index is 0.00000186. The predicted molar refractivity (Wildman–Crippen MR) is 153 cm³/mol. The number of aromatic hydroxyl groups is 1. The van der Waals surface area contributed by atoms with Gasteiger partial charge in [0.25, 0.3) is 0 Å². The summed E-state index contributed by atoms with van der Waals surface area (Å²) in [4.78, 5) is 0. The molecule has 0 heterocycles. The molecule has 0 spiro atoms. The molecule has 0 fully saturated rings. The first kappa shape index (κ1) is 29.6. The number of hydrogen-bond acceptors (Lipinski definition) is 1. The van der Waals surface area contributed by atoms with E-state index in [4.69, 9.17) is 5.32 Å². The SMILES string of the molecule is CC(C)(C)[N-]Cc1cc(F)ccc1Pc1cc(Cc2ccccc2)cc(Cc2ccccc2)c1O.[Cl][Ti+]. The van der Waals surface area contributed by atoms with Crippen LogP contribution in [0.4, 0.5) is 4.39 Å². The van der Waals surface area contributed by atoms with Crippen LogP contribution in [0.2, 0.25) is 0 Å². The summed E-state index contributed by atoms with van der Waals surface area (Å²) in [7, 11) is 4.84. The van der Waals surface area contributed by atoms with E-state index >= 15 is 0 Å². The van der Waals surface area contributed by atoms with Gasteiger partial charge in [-0.2, -0.15) is 0 Å². The molecule has 4 aromatic carbocycles. The summed E-state index contributed by atoms with van der Waals surface area (Å²) in [6.45, 7) is 6.58.